The Kier molecular flexibility index (Phi) is 3.86. The van der Waals surface area contributed by atoms with E-state index >= 15 is 0 Å². The number of benzene rings is 1. The van der Waals surface area contributed by atoms with E-state index in [2.05, 4.69) is 0 Å². The fraction of sp³-hybridized carbons (Fsp3) is 0.600. The Morgan fingerprint density at radius 2 is 1.90 bits per heavy atom. The summed E-state index contributed by atoms with van der Waals surface area (Å²) < 4.78 is 31.1. The van der Waals surface area contributed by atoms with Crippen LogP contribution in [0.5, 0.6) is 5.75 Å². The van der Waals surface area contributed by atoms with E-state index in [0.29, 0.717) is 11.2 Å². The van der Waals surface area contributed by atoms with Gasteiger partial charge in [-0.15, -0.1) is 0 Å². The van der Waals surface area contributed by atoms with Crippen LogP contribution in [0.25, 0.3) is 0 Å². The summed E-state index contributed by atoms with van der Waals surface area (Å²) in [6.45, 7) is 11.6. The van der Waals surface area contributed by atoms with Gasteiger partial charge < -0.3 is 14.0 Å². The molecule has 0 bridgehead atoms. The molecule has 1 aromatic rings. The lowest BCUT2D eigenvalue weighted by atomic mass is 9.79. The molecule has 1 fully saturated rings. The first-order chi connectivity index (χ1) is 9.07. The number of hydrogen-bond acceptors (Lipinski definition) is 3. The maximum atomic E-state index is 13.8. The molecule has 0 amide bonds. The zero-order valence-corrected chi connectivity index (χ0v) is 13.0. The lowest BCUT2D eigenvalue weighted by Gasteiger charge is -2.22. The monoisotopic (exact) mass is 280 g/mol. The van der Waals surface area contributed by atoms with Crippen LogP contribution in [0.1, 0.15) is 41.5 Å². The smallest absolute Gasteiger partial charge is 0.488 e. The molecule has 1 aromatic carbocycles. The molecule has 1 saturated heterocycles. The first-order valence-electron chi connectivity index (χ1n) is 6.90. The second-order valence-corrected chi connectivity index (χ2v) is 6.77. The average Bonchev–Trinajstić information content (AvgIpc) is 2.50. The van der Waals surface area contributed by atoms with Gasteiger partial charge in [-0.3, -0.25) is 0 Å². The van der Waals surface area contributed by atoms with Crippen molar-refractivity contribution in [2.24, 2.45) is 0 Å². The Balaban J connectivity index is 2.25. The number of ether oxygens (including phenoxy) is 1. The largest absolute Gasteiger partial charge is 0.494 e. The molecule has 1 aliphatic heterocycles. The van der Waals surface area contributed by atoms with Crippen molar-refractivity contribution in [1.29, 1.82) is 0 Å². The molecule has 1 atom stereocenters. The van der Waals surface area contributed by atoms with Crippen LogP contribution in [0, 0.1) is 5.82 Å². The fourth-order valence-electron chi connectivity index (χ4n) is 2.03. The zero-order valence-electron chi connectivity index (χ0n) is 13.0. The van der Waals surface area contributed by atoms with Gasteiger partial charge in [0.1, 0.15) is 17.2 Å². The summed E-state index contributed by atoms with van der Waals surface area (Å²) in [6, 6.07) is 4.57. The van der Waals surface area contributed by atoms with Gasteiger partial charge in [-0.05, 0) is 59.1 Å². The van der Waals surface area contributed by atoms with Crippen LogP contribution in [0.15, 0.2) is 18.2 Å². The molecule has 0 N–H and O–H groups in total. The predicted octanol–water partition coefficient (Wildman–Crippen LogP) is 2.91. The van der Waals surface area contributed by atoms with Gasteiger partial charge in [0.05, 0.1) is 11.7 Å². The Hall–Kier alpha value is -1.07. The van der Waals surface area contributed by atoms with E-state index in [1.807, 2.05) is 41.5 Å². The van der Waals surface area contributed by atoms with Gasteiger partial charge in [0.25, 0.3) is 0 Å². The molecule has 1 aliphatic rings. The molecule has 5 heteroatoms. The standard InChI is InChI=1S/C15H22BFO3/c1-10-15(5,6)20-16(19-10)11-7-12(17)9-13(8-11)18-14(2,3)4/h7-10H,1-6H3. The summed E-state index contributed by atoms with van der Waals surface area (Å²) in [5, 5.41) is 0. The summed E-state index contributed by atoms with van der Waals surface area (Å²) in [6.07, 6.45) is -0.0530. The van der Waals surface area contributed by atoms with Gasteiger partial charge in [-0.2, -0.15) is 0 Å². The molecular weight excluding hydrogens is 258 g/mol. The van der Waals surface area contributed by atoms with Crippen LogP contribution in [0.4, 0.5) is 4.39 Å². The van der Waals surface area contributed by atoms with E-state index in [9.17, 15) is 4.39 Å². The van der Waals surface area contributed by atoms with Crippen LogP contribution in [0.3, 0.4) is 0 Å². The summed E-state index contributed by atoms with van der Waals surface area (Å²) in [5.74, 6) is 0.128. The lowest BCUT2D eigenvalue weighted by molar-refractivity contribution is 0.0842. The minimum atomic E-state index is -0.557. The van der Waals surface area contributed by atoms with E-state index in [-0.39, 0.29) is 23.1 Å². The molecule has 2 rings (SSSR count). The van der Waals surface area contributed by atoms with Crippen molar-refractivity contribution in [3.63, 3.8) is 0 Å². The van der Waals surface area contributed by atoms with Crippen molar-refractivity contribution in [1.82, 2.24) is 0 Å². The molecule has 0 aromatic heterocycles. The Bertz CT molecular complexity index is 496. The predicted molar refractivity (Wildman–Crippen MR) is 77.9 cm³/mol. The molecule has 0 saturated carbocycles. The van der Waals surface area contributed by atoms with Gasteiger partial charge in [0.15, 0.2) is 0 Å². The SMILES string of the molecule is CC1OB(c2cc(F)cc(OC(C)(C)C)c2)OC1(C)C. The molecule has 0 radical (unpaired) electrons. The number of halogens is 1. The summed E-state index contributed by atoms with van der Waals surface area (Å²) >= 11 is 0. The molecule has 20 heavy (non-hydrogen) atoms. The van der Waals surface area contributed by atoms with Gasteiger partial charge in [-0.25, -0.2) is 4.39 Å². The van der Waals surface area contributed by atoms with E-state index in [4.69, 9.17) is 14.0 Å². The Morgan fingerprint density at radius 3 is 2.40 bits per heavy atom. The van der Waals surface area contributed by atoms with Crippen molar-refractivity contribution in [3.8, 4) is 5.75 Å². The molecular formula is C15H22BFO3. The highest BCUT2D eigenvalue weighted by Crippen LogP contribution is 2.27. The van der Waals surface area contributed by atoms with Gasteiger partial charge in [0, 0.05) is 6.07 Å². The van der Waals surface area contributed by atoms with Crippen LogP contribution in [-0.2, 0) is 9.31 Å². The highest BCUT2D eigenvalue weighted by molar-refractivity contribution is 6.62. The zero-order chi connectivity index (χ0) is 15.1. The molecule has 1 heterocycles. The van der Waals surface area contributed by atoms with Crippen LogP contribution < -0.4 is 10.2 Å². The topological polar surface area (TPSA) is 27.7 Å². The number of hydrogen-bond donors (Lipinski definition) is 0. The maximum absolute atomic E-state index is 13.8. The molecule has 1 unspecified atom stereocenters. The first kappa shape index (κ1) is 15.3. The van der Waals surface area contributed by atoms with Gasteiger partial charge in [-0.1, -0.05) is 0 Å². The maximum Gasteiger partial charge on any atom is 0.494 e. The summed E-state index contributed by atoms with van der Waals surface area (Å²) in [4.78, 5) is 0. The summed E-state index contributed by atoms with van der Waals surface area (Å²) in [5.41, 5.74) is -0.126. The van der Waals surface area contributed by atoms with Crippen LogP contribution in [-0.4, -0.2) is 24.4 Å². The first-order valence-corrected chi connectivity index (χ1v) is 6.90. The third kappa shape index (κ3) is 3.52. The molecule has 3 nitrogen and oxygen atoms in total. The molecule has 0 aliphatic carbocycles. The van der Waals surface area contributed by atoms with E-state index in [0.717, 1.165) is 0 Å². The van der Waals surface area contributed by atoms with Crippen molar-refractivity contribution >= 4 is 12.6 Å². The van der Waals surface area contributed by atoms with Gasteiger partial charge >= 0.3 is 7.12 Å². The average molecular weight is 280 g/mol. The Morgan fingerprint density at radius 1 is 1.25 bits per heavy atom. The van der Waals surface area contributed by atoms with E-state index in [1.165, 1.54) is 12.1 Å². The third-order valence-electron chi connectivity index (χ3n) is 3.31. The van der Waals surface area contributed by atoms with E-state index < -0.39 is 7.12 Å². The van der Waals surface area contributed by atoms with Crippen molar-refractivity contribution in [2.75, 3.05) is 0 Å². The molecule has 110 valence electrons. The van der Waals surface area contributed by atoms with Crippen LogP contribution in [0.2, 0.25) is 0 Å². The highest BCUT2D eigenvalue weighted by atomic mass is 19.1. The quantitative estimate of drug-likeness (QED) is 0.780. The lowest BCUT2D eigenvalue weighted by Crippen LogP contribution is -2.35. The minimum Gasteiger partial charge on any atom is -0.488 e. The van der Waals surface area contributed by atoms with Crippen molar-refractivity contribution in [3.05, 3.63) is 24.0 Å². The van der Waals surface area contributed by atoms with Crippen molar-refractivity contribution < 1.29 is 18.4 Å². The van der Waals surface area contributed by atoms with Crippen LogP contribution >= 0.6 is 0 Å². The number of rotatable bonds is 2. The van der Waals surface area contributed by atoms with Crippen molar-refractivity contribution in [2.45, 2.75) is 58.8 Å². The minimum absolute atomic E-state index is 0.0530. The fourth-order valence-corrected chi connectivity index (χ4v) is 2.03. The molecule has 0 spiro atoms. The third-order valence-corrected chi connectivity index (χ3v) is 3.31. The van der Waals surface area contributed by atoms with E-state index in [1.54, 1.807) is 6.07 Å². The van der Waals surface area contributed by atoms with Gasteiger partial charge in [0.2, 0.25) is 0 Å². The summed E-state index contributed by atoms with van der Waals surface area (Å²) in [7, 11) is -0.557. The second-order valence-electron chi connectivity index (χ2n) is 6.77. The normalized spacial score (nSPS) is 22.1. The second kappa shape index (κ2) is 5.04. The Labute approximate surface area is 120 Å². The highest BCUT2D eigenvalue weighted by Gasteiger charge is 2.44.